The summed E-state index contributed by atoms with van der Waals surface area (Å²) < 4.78 is 13.0. The number of halogens is 1. The van der Waals surface area contributed by atoms with Gasteiger partial charge in [-0.3, -0.25) is 5.21 Å². The molecule has 2 aromatic rings. The Balaban J connectivity index is 1.79. The molecular formula is C18H17FN2O2S. The van der Waals surface area contributed by atoms with Crippen molar-refractivity contribution in [1.82, 2.24) is 5.06 Å². The first-order chi connectivity index (χ1) is 11.5. The van der Waals surface area contributed by atoms with Gasteiger partial charge in [0.2, 0.25) is 0 Å². The molecule has 1 unspecified atom stereocenters. The molecule has 3 N–H and O–H groups in total. The normalized spacial score (nSPS) is 16.7. The number of nitrogens with zero attached hydrogens (tertiary/aromatic N) is 1. The van der Waals surface area contributed by atoms with Gasteiger partial charge in [-0.15, -0.1) is 0 Å². The number of hydrogen-bond acceptors (Lipinski definition) is 3. The van der Waals surface area contributed by atoms with Gasteiger partial charge in [0, 0.05) is 9.79 Å². The molecule has 0 aliphatic heterocycles. The number of hydrogen-bond donors (Lipinski definition) is 2. The highest BCUT2D eigenvalue weighted by Crippen LogP contribution is 2.40. The summed E-state index contributed by atoms with van der Waals surface area (Å²) in [6, 6.07) is 13.2. The van der Waals surface area contributed by atoms with E-state index in [9.17, 15) is 14.4 Å². The van der Waals surface area contributed by atoms with E-state index in [2.05, 4.69) is 6.07 Å². The predicted octanol–water partition coefficient (Wildman–Crippen LogP) is 4.29. The van der Waals surface area contributed by atoms with E-state index in [-0.39, 0.29) is 11.9 Å². The van der Waals surface area contributed by atoms with Gasteiger partial charge in [-0.2, -0.15) is 5.06 Å². The Morgan fingerprint density at radius 1 is 1.25 bits per heavy atom. The summed E-state index contributed by atoms with van der Waals surface area (Å²) in [6.45, 7) is 1.88. The summed E-state index contributed by atoms with van der Waals surface area (Å²) in [5.41, 5.74) is 8.18. The number of amides is 2. The highest BCUT2D eigenvalue weighted by Gasteiger charge is 2.33. The number of rotatable bonds is 4. The van der Waals surface area contributed by atoms with Gasteiger partial charge in [-0.1, -0.05) is 23.9 Å². The molecular weight excluding hydrogens is 327 g/mol. The van der Waals surface area contributed by atoms with Crippen LogP contribution in [0.1, 0.15) is 18.9 Å². The Hall–Kier alpha value is -2.31. The minimum atomic E-state index is -0.848. The van der Waals surface area contributed by atoms with Crippen molar-refractivity contribution >= 4 is 23.4 Å². The fourth-order valence-corrected chi connectivity index (χ4v) is 3.61. The SMILES string of the molecule is CC1=C(c2cccc(Sc3ccc(F)cc3)c2)CC1N(O)C(N)=O. The lowest BCUT2D eigenvalue weighted by atomic mass is 9.80. The first-order valence-electron chi connectivity index (χ1n) is 7.47. The largest absolute Gasteiger partial charge is 0.350 e. The quantitative estimate of drug-likeness (QED) is 0.642. The topological polar surface area (TPSA) is 66.6 Å². The van der Waals surface area contributed by atoms with Crippen molar-refractivity contribution in [3.05, 3.63) is 65.5 Å². The van der Waals surface area contributed by atoms with Gasteiger partial charge in [0.15, 0.2) is 0 Å². The van der Waals surface area contributed by atoms with Gasteiger partial charge in [-0.05, 0) is 66.5 Å². The maximum absolute atomic E-state index is 13.0. The molecule has 0 saturated carbocycles. The Bertz CT molecular complexity index is 805. The van der Waals surface area contributed by atoms with E-state index in [4.69, 9.17) is 5.73 Å². The summed E-state index contributed by atoms with van der Waals surface area (Å²) in [5, 5.41) is 10.2. The molecule has 2 aromatic carbocycles. The van der Waals surface area contributed by atoms with Crippen LogP contribution in [0.25, 0.3) is 5.57 Å². The summed E-state index contributed by atoms with van der Waals surface area (Å²) in [5.74, 6) is -0.252. The van der Waals surface area contributed by atoms with Crippen LogP contribution in [0.2, 0.25) is 0 Å². The summed E-state index contributed by atoms with van der Waals surface area (Å²) in [7, 11) is 0. The molecule has 1 aliphatic rings. The van der Waals surface area contributed by atoms with Gasteiger partial charge >= 0.3 is 6.03 Å². The lowest BCUT2D eigenvalue weighted by Crippen LogP contribution is -2.45. The molecule has 0 bridgehead atoms. The lowest BCUT2D eigenvalue weighted by molar-refractivity contribution is -0.0668. The molecule has 0 spiro atoms. The predicted molar refractivity (Wildman–Crippen MR) is 91.2 cm³/mol. The Morgan fingerprint density at radius 3 is 2.58 bits per heavy atom. The fraction of sp³-hybridized carbons (Fsp3) is 0.167. The number of benzene rings is 2. The zero-order valence-corrected chi connectivity index (χ0v) is 13.9. The van der Waals surface area contributed by atoms with E-state index in [1.807, 2.05) is 25.1 Å². The van der Waals surface area contributed by atoms with Crippen molar-refractivity contribution in [2.24, 2.45) is 5.73 Å². The standard InChI is InChI=1S/C18H17FN2O2S/c1-11-16(10-17(11)21(23)18(20)22)12-3-2-4-15(9-12)24-14-7-5-13(19)6-8-14/h2-9,17,23H,10H2,1H3,(H2,20,22). The first-order valence-corrected chi connectivity index (χ1v) is 8.28. The van der Waals surface area contributed by atoms with Crippen molar-refractivity contribution in [3.63, 3.8) is 0 Å². The highest BCUT2D eigenvalue weighted by atomic mass is 32.2. The van der Waals surface area contributed by atoms with Crippen molar-refractivity contribution in [1.29, 1.82) is 0 Å². The van der Waals surface area contributed by atoms with E-state index in [0.717, 1.165) is 26.5 Å². The van der Waals surface area contributed by atoms with E-state index in [1.165, 1.54) is 12.1 Å². The number of primary amides is 1. The van der Waals surface area contributed by atoms with Crippen molar-refractivity contribution < 1.29 is 14.4 Å². The van der Waals surface area contributed by atoms with Crippen LogP contribution in [-0.4, -0.2) is 22.3 Å². The monoisotopic (exact) mass is 344 g/mol. The molecule has 0 fully saturated rings. The molecule has 124 valence electrons. The summed E-state index contributed by atoms with van der Waals surface area (Å²) in [4.78, 5) is 13.0. The fourth-order valence-electron chi connectivity index (χ4n) is 2.73. The number of carbonyl (C=O) groups excluding carboxylic acids is 1. The lowest BCUT2D eigenvalue weighted by Gasteiger charge is -2.36. The second-order valence-corrected chi connectivity index (χ2v) is 6.80. The molecule has 0 radical (unpaired) electrons. The van der Waals surface area contributed by atoms with Crippen LogP contribution in [0.3, 0.4) is 0 Å². The van der Waals surface area contributed by atoms with Crippen LogP contribution >= 0.6 is 11.8 Å². The van der Waals surface area contributed by atoms with Gasteiger partial charge in [0.1, 0.15) is 5.82 Å². The first kappa shape index (κ1) is 16.5. The smallest absolute Gasteiger partial charge is 0.339 e. The number of carbonyl (C=O) groups is 1. The second kappa shape index (κ2) is 6.67. The molecule has 6 heteroatoms. The van der Waals surface area contributed by atoms with Gasteiger partial charge in [0.05, 0.1) is 6.04 Å². The number of urea groups is 1. The zero-order valence-electron chi connectivity index (χ0n) is 13.1. The molecule has 0 heterocycles. The third kappa shape index (κ3) is 3.29. The summed E-state index contributed by atoms with van der Waals surface area (Å²) in [6.07, 6.45) is 0.565. The van der Waals surface area contributed by atoms with E-state index in [0.29, 0.717) is 11.5 Å². The maximum Gasteiger partial charge on any atom is 0.339 e. The highest BCUT2D eigenvalue weighted by molar-refractivity contribution is 7.99. The average Bonchev–Trinajstić information content (AvgIpc) is 2.56. The minimum Gasteiger partial charge on any atom is -0.350 e. The third-order valence-corrected chi connectivity index (χ3v) is 5.12. The third-order valence-electron chi connectivity index (χ3n) is 4.13. The van der Waals surface area contributed by atoms with Crippen molar-refractivity contribution in [3.8, 4) is 0 Å². The van der Waals surface area contributed by atoms with Gasteiger partial charge in [-0.25, -0.2) is 9.18 Å². The number of hydroxylamine groups is 2. The molecule has 0 aromatic heterocycles. The molecule has 3 rings (SSSR count). The van der Waals surface area contributed by atoms with Crippen LogP contribution in [0.15, 0.2) is 63.9 Å². The van der Waals surface area contributed by atoms with Crippen LogP contribution in [0.4, 0.5) is 9.18 Å². The molecule has 1 aliphatic carbocycles. The van der Waals surface area contributed by atoms with Crippen LogP contribution in [0.5, 0.6) is 0 Å². The van der Waals surface area contributed by atoms with Crippen molar-refractivity contribution in [2.75, 3.05) is 0 Å². The Labute approximate surface area is 143 Å². The molecule has 24 heavy (non-hydrogen) atoms. The molecule has 4 nitrogen and oxygen atoms in total. The van der Waals surface area contributed by atoms with E-state index < -0.39 is 6.03 Å². The molecule has 1 atom stereocenters. The van der Waals surface area contributed by atoms with Crippen LogP contribution in [0, 0.1) is 5.82 Å². The van der Waals surface area contributed by atoms with Crippen molar-refractivity contribution in [2.45, 2.75) is 29.2 Å². The Kier molecular flexibility index (Phi) is 4.59. The molecule has 0 saturated heterocycles. The van der Waals surface area contributed by atoms with Gasteiger partial charge in [0.25, 0.3) is 0 Å². The van der Waals surface area contributed by atoms with E-state index in [1.54, 1.807) is 23.9 Å². The van der Waals surface area contributed by atoms with Gasteiger partial charge < -0.3 is 5.73 Å². The number of nitrogens with two attached hydrogens (primary N) is 1. The van der Waals surface area contributed by atoms with Crippen LogP contribution in [-0.2, 0) is 0 Å². The second-order valence-electron chi connectivity index (χ2n) is 5.65. The van der Waals surface area contributed by atoms with Crippen LogP contribution < -0.4 is 5.73 Å². The zero-order chi connectivity index (χ0) is 17.3. The minimum absolute atomic E-state index is 0.252. The maximum atomic E-state index is 13.0. The Morgan fingerprint density at radius 2 is 1.96 bits per heavy atom. The average molecular weight is 344 g/mol. The molecule has 2 amide bonds. The van der Waals surface area contributed by atoms with E-state index >= 15 is 0 Å². The summed E-state index contributed by atoms with van der Waals surface area (Å²) >= 11 is 1.55.